The lowest BCUT2D eigenvalue weighted by Crippen LogP contribution is -2.38. The lowest BCUT2D eigenvalue weighted by molar-refractivity contribution is -0.143. The molecule has 1 saturated heterocycles. The Morgan fingerprint density at radius 1 is 1.30 bits per heavy atom. The van der Waals surface area contributed by atoms with Gasteiger partial charge in [-0.2, -0.15) is 0 Å². The molecule has 0 radical (unpaired) electrons. The third-order valence-corrected chi connectivity index (χ3v) is 4.55. The van der Waals surface area contributed by atoms with Gasteiger partial charge in [0.05, 0.1) is 6.61 Å². The Morgan fingerprint density at radius 2 is 2.09 bits per heavy atom. The topological polar surface area (TPSA) is 32.8 Å². The Labute approximate surface area is 140 Å². The maximum Gasteiger partial charge on any atom is 0.305 e. The van der Waals surface area contributed by atoms with E-state index in [4.69, 9.17) is 4.74 Å². The summed E-state index contributed by atoms with van der Waals surface area (Å²) >= 11 is 0. The van der Waals surface area contributed by atoms with E-state index in [1.165, 1.54) is 12.0 Å². The molecule has 1 aromatic carbocycles. The highest BCUT2D eigenvalue weighted by Crippen LogP contribution is 2.18. The average molecular weight is 318 g/mol. The van der Waals surface area contributed by atoms with Crippen LogP contribution >= 0.6 is 0 Å². The minimum absolute atomic E-state index is 0.0688. The Balaban J connectivity index is 1.73. The molecule has 128 valence electrons. The summed E-state index contributed by atoms with van der Waals surface area (Å²) in [6.07, 6.45) is 2.65. The summed E-state index contributed by atoms with van der Waals surface area (Å²) in [6.45, 7) is 9.91. The number of benzene rings is 1. The molecule has 0 amide bonds. The molecule has 0 N–H and O–H groups in total. The molecular weight excluding hydrogens is 288 g/mol. The van der Waals surface area contributed by atoms with Crippen molar-refractivity contribution in [3.63, 3.8) is 0 Å². The molecule has 0 spiro atoms. The minimum atomic E-state index is -0.0688. The Kier molecular flexibility index (Phi) is 7.56. The van der Waals surface area contributed by atoms with Crippen LogP contribution in [0.2, 0.25) is 0 Å². The van der Waals surface area contributed by atoms with Crippen LogP contribution in [0.4, 0.5) is 0 Å². The van der Waals surface area contributed by atoms with Gasteiger partial charge in [-0.3, -0.25) is 14.6 Å². The standard InChI is InChI=1S/C19H30N2O2/c1-3-21(13-8-11-19(22)23-4-2)18-12-14-20(16-18)15-17-9-6-5-7-10-17/h5-7,9-10,18H,3-4,8,11-16H2,1-2H3. The van der Waals surface area contributed by atoms with E-state index in [1.807, 2.05) is 6.92 Å². The van der Waals surface area contributed by atoms with E-state index in [2.05, 4.69) is 47.1 Å². The third kappa shape index (κ3) is 5.96. The number of likely N-dealkylation sites (N-methyl/N-ethyl adjacent to an activating group) is 1. The lowest BCUT2D eigenvalue weighted by atomic mass is 10.2. The van der Waals surface area contributed by atoms with Gasteiger partial charge >= 0.3 is 5.97 Å². The second-order valence-electron chi connectivity index (χ2n) is 6.20. The number of hydrogen-bond donors (Lipinski definition) is 0. The highest BCUT2D eigenvalue weighted by molar-refractivity contribution is 5.69. The number of nitrogens with zero attached hydrogens (tertiary/aromatic N) is 2. The first-order chi connectivity index (χ1) is 11.2. The number of carbonyl (C=O) groups is 1. The summed E-state index contributed by atoms with van der Waals surface area (Å²) in [4.78, 5) is 16.5. The lowest BCUT2D eigenvalue weighted by Gasteiger charge is -2.27. The van der Waals surface area contributed by atoms with E-state index >= 15 is 0 Å². The van der Waals surface area contributed by atoms with Crippen molar-refractivity contribution in [1.82, 2.24) is 9.80 Å². The van der Waals surface area contributed by atoms with Crippen LogP contribution in [0.5, 0.6) is 0 Å². The van der Waals surface area contributed by atoms with E-state index < -0.39 is 0 Å². The van der Waals surface area contributed by atoms with Crippen molar-refractivity contribution in [2.45, 2.75) is 45.7 Å². The zero-order valence-electron chi connectivity index (χ0n) is 14.5. The molecule has 1 aliphatic rings. The Morgan fingerprint density at radius 3 is 2.78 bits per heavy atom. The van der Waals surface area contributed by atoms with Crippen molar-refractivity contribution in [3.8, 4) is 0 Å². The molecular formula is C19H30N2O2. The van der Waals surface area contributed by atoms with Crippen LogP contribution in [0.3, 0.4) is 0 Å². The third-order valence-electron chi connectivity index (χ3n) is 4.55. The summed E-state index contributed by atoms with van der Waals surface area (Å²) < 4.78 is 5.00. The summed E-state index contributed by atoms with van der Waals surface area (Å²) in [5, 5.41) is 0. The fourth-order valence-electron chi connectivity index (χ4n) is 3.35. The molecule has 0 aromatic heterocycles. The molecule has 1 unspecified atom stereocenters. The van der Waals surface area contributed by atoms with Crippen molar-refractivity contribution in [2.24, 2.45) is 0 Å². The van der Waals surface area contributed by atoms with Gasteiger partial charge in [0.1, 0.15) is 0 Å². The van der Waals surface area contributed by atoms with Gasteiger partial charge < -0.3 is 4.74 Å². The van der Waals surface area contributed by atoms with Crippen LogP contribution in [0.25, 0.3) is 0 Å². The number of likely N-dealkylation sites (tertiary alicyclic amines) is 1. The number of carbonyl (C=O) groups excluding carboxylic acids is 1. The second-order valence-corrected chi connectivity index (χ2v) is 6.20. The number of ether oxygens (including phenoxy) is 1. The first kappa shape index (κ1) is 18.0. The van der Waals surface area contributed by atoms with Gasteiger partial charge in [0.15, 0.2) is 0 Å². The molecule has 0 saturated carbocycles. The molecule has 1 aliphatic heterocycles. The molecule has 0 bridgehead atoms. The van der Waals surface area contributed by atoms with Crippen molar-refractivity contribution < 1.29 is 9.53 Å². The molecule has 1 fully saturated rings. The highest BCUT2D eigenvalue weighted by atomic mass is 16.5. The number of rotatable bonds is 9. The molecule has 1 atom stereocenters. The fraction of sp³-hybridized carbons (Fsp3) is 0.632. The first-order valence-electron chi connectivity index (χ1n) is 8.88. The number of esters is 1. The molecule has 4 heteroatoms. The summed E-state index contributed by atoms with van der Waals surface area (Å²) in [7, 11) is 0. The quantitative estimate of drug-likeness (QED) is 0.656. The van der Waals surface area contributed by atoms with Gasteiger partial charge in [0.2, 0.25) is 0 Å². The van der Waals surface area contributed by atoms with Gasteiger partial charge in [0.25, 0.3) is 0 Å². The predicted octanol–water partition coefficient (Wildman–Crippen LogP) is 2.93. The van der Waals surface area contributed by atoms with E-state index in [0.717, 1.165) is 39.1 Å². The van der Waals surface area contributed by atoms with Crippen LogP contribution in [0, 0.1) is 0 Å². The van der Waals surface area contributed by atoms with Crippen LogP contribution in [-0.2, 0) is 16.1 Å². The molecule has 1 aromatic rings. The molecule has 23 heavy (non-hydrogen) atoms. The van der Waals surface area contributed by atoms with Crippen LogP contribution in [0.15, 0.2) is 30.3 Å². The summed E-state index contributed by atoms with van der Waals surface area (Å²) in [5.41, 5.74) is 1.39. The van der Waals surface area contributed by atoms with E-state index in [0.29, 0.717) is 19.1 Å². The minimum Gasteiger partial charge on any atom is -0.466 e. The van der Waals surface area contributed by atoms with Gasteiger partial charge in [-0.25, -0.2) is 0 Å². The highest BCUT2D eigenvalue weighted by Gasteiger charge is 2.26. The zero-order valence-corrected chi connectivity index (χ0v) is 14.5. The van der Waals surface area contributed by atoms with Gasteiger partial charge in [0, 0.05) is 32.1 Å². The maximum absolute atomic E-state index is 11.4. The summed E-state index contributed by atoms with van der Waals surface area (Å²) in [6, 6.07) is 11.3. The number of hydrogen-bond acceptors (Lipinski definition) is 4. The van der Waals surface area contributed by atoms with Crippen LogP contribution < -0.4 is 0 Å². The SMILES string of the molecule is CCOC(=O)CCCN(CC)C1CCN(Cc2ccccc2)C1. The Bertz CT molecular complexity index is 464. The zero-order chi connectivity index (χ0) is 16.5. The summed E-state index contributed by atoms with van der Waals surface area (Å²) in [5.74, 6) is -0.0688. The monoisotopic (exact) mass is 318 g/mol. The van der Waals surface area contributed by atoms with Gasteiger partial charge in [-0.1, -0.05) is 37.3 Å². The van der Waals surface area contributed by atoms with E-state index in [-0.39, 0.29) is 5.97 Å². The van der Waals surface area contributed by atoms with E-state index in [1.54, 1.807) is 0 Å². The van der Waals surface area contributed by atoms with Crippen LogP contribution in [0.1, 0.15) is 38.7 Å². The fourth-order valence-corrected chi connectivity index (χ4v) is 3.35. The largest absolute Gasteiger partial charge is 0.466 e. The second kappa shape index (κ2) is 9.68. The molecule has 4 nitrogen and oxygen atoms in total. The molecule has 0 aliphatic carbocycles. The molecule has 1 heterocycles. The van der Waals surface area contributed by atoms with Crippen molar-refractivity contribution in [3.05, 3.63) is 35.9 Å². The smallest absolute Gasteiger partial charge is 0.305 e. The van der Waals surface area contributed by atoms with Crippen LogP contribution in [-0.4, -0.2) is 54.6 Å². The first-order valence-corrected chi connectivity index (χ1v) is 8.88. The Hall–Kier alpha value is -1.39. The predicted molar refractivity (Wildman–Crippen MR) is 93.2 cm³/mol. The van der Waals surface area contributed by atoms with Gasteiger partial charge in [-0.15, -0.1) is 0 Å². The normalized spacial score (nSPS) is 18.5. The van der Waals surface area contributed by atoms with Gasteiger partial charge in [-0.05, 0) is 38.4 Å². The van der Waals surface area contributed by atoms with Crippen molar-refractivity contribution >= 4 is 5.97 Å². The molecule has 2 rings (SSSR count). The van der Waals surface area contributed by atoms with Crippen molar-refractivity contribution in [1.29, 1.82) is 0 Å². The maximum atomic E-state index is 11.4. The van der Waals surface area contributed by atoms with E-state index in [9.17, 15) is 4.79 Å². The average Bonchev–Trinajstić information content (AvgIpc) is 3.01. The van der Waals surface area contributed by atoms with Crippen molar-refractivity contribution in [2.75, 3.05) is 32.8 Å².